The first-order valence-corrected chi connectivity index (χ1v) is 6.69. The van der Waals surface area contributed by atoms with Crippen molar-refractivity contribution in [1.82, 2.24) is 5.32 Å². The first kappa shape index (κ1) is 14.9. The molecule has 0 heterocycles. The summed E-state index contributed by atoms with van der Waals surface area (Å²) in [5.74, 6) is 0.698. The molecule has 2 nitrogen and oxygen atoms in total. The van der Waals surface area contributed by atoms with Crippen LogP contribution in [0.2, 0.25) is 0 Å². The number of hydrogen-bond donors (Lipinski definition) is 1. The highest BCUT2D eigenvalue weighted by Crippen LogP contribution is 2.06. The number of ether oxygens (including phenoxy) is 1. The molecule has 0 unspecified atom stereocenters. The van der Waals surface area contributed by atoms with Gasteiger partial charge < -0.3 is 10.1 Å². The normalized spacial score (nSPS) is 11.6. The van der Waals surface area contributed by atoms with Crippen LogP contribution in [0.1, 0.15) is 31.9 Å². The maximum Gasteiger partial charge on any atom is 0.0721 e. The lowest BCUT2D eigenvalue weighted by Gasteiger charge is -2.08. The molecular formula is C16H25NO. The van der Waals surface area contributed by atoms with Crippen molar-refractivity contribution < 1.29 is 4.74 Å². The van der Waals surface area contributed by atoms with Crippen molar-refractivity contribution in [2.24, 2.45) is 5.92 Å². The molecule has 2 heteroatoms. The number of hydrogen-bond acceptors (Lipinski definition) is 2. The molecule has 0 saturated heterocycles. The zero-order valence-corrected chi connectivity index (χ0v) is 11.8. The molecule has 0 aliphatic heterocycles. The van der Waals surface area contributed by atoms with Crippen molar-refractivity contribution in [3.05, 3.63) is 47.5 Å². The van der Waals surface area contributed by atoms with Crippen LogP contribution in [-0.4, -0.2) is 13.2 Å². The van der Waals surface area contributed by atoms with Gasteiger partial charge in [-0.3, -0.25) is 0 Å². The first-order chi connectivity index (χ1) is 8.72. The van der Waals surface area contributed by atoms with Gasteiger partial charge in [0, 0.05) is 6.54 Å². The number of allylic oxidation sites excluding steroid dienone is 1. The monoisotopic (exact) mass is 247 g/mol. The highest BCUT2D eigenvalue weighted by atomic mass is 16.5. The van der Waals surface area contributed by atoms with E-state index in [0.717, 1.165) is 13.1 Å². The fourth-order valence-electron chi connectivity index (χ4n) is 1.60. The predicted octanol–water partition coefficient (Wildman–Crippen LogP) is 3.52. The standard InChI is InChI=1S/C16H25NO/c1-4-5-10-18-13-16-8-6-15(7-9-16)12-17-11-14(2)3/h4-9,14,17H,10-13H2,1-3H3. The Morgan fingerprint density at radius 3 is 2.44 bits per heavy atom. The molecule has 0 amide bonds. The lowest BCUT2D eigenvalue weighted by Crippen LogP contribution is -2.18. The van der Waals surface area contributed by atoms with Crippen molar-refractivity contribution in [1.29, 1.82) is 0 Å². The molecular weight excluding hydrogens is 222 g/mol. The summed E-state index contributed by atoms with van der Waals surface area (Å²) >= 11 is 0. The SMILES string of the molecule is CC=CCOCc1ccc(CNCC(C)C)cc1. The van der Waals surface area contributed by atoms with Crippen molar-refractivity contribution in [3.8, 4) is 0 Å². The van der Waals surface area contributed by atoms with E-state index < -0.39 is 0 Å². The number of rotatable bonds is 8. The lowest BCUT2D eigenvalue weighted by atomic mass is 10.1. The van der Waals surface area contributed by atoms with Crippen LogP contribution in [0, 0.1) is 5.92 Å². The van der Waals surface area contributed by atoms with E-state index in [1.807, 2.05) is 19.1 Å². The minimum absolute atomic E-state index is 0.685. The highest BCUT2D eigenvalue weighted by Gasteiger charge is 1.96. The summed E-state index contributed by atoms with van der Waals surface area (Å²) in [4.78, 5) is 0. The van der Waals surface area contributed by atoms with Crippen LogP contribution in [0.25, 0.3) is 0 Å². The van der Waals surface area contributed by atoms with Gasteiger partial charge in [0.25, 0.3) is 0 Å². The average Bonchev–Trinajstić information content (AvgIpc) is 2.36. The van der Waals surface area contributed by atoms with E-state index in [2.05, 4.69) is 43.4 Å². The molecule has 0 aromatic heterocycles. The topological polar surface area (TPSA) is 21.3 Å². The van der Waals surface area contributed by atoms with Crippen molar-refractivity contribution >= 4 is 0 Å². The van der Waals surface area contributed by atoms with Gasteiger partial charge in [0.15, 0.2) is 0 Å². The van der Waals surface area contributed by atoms with Gasteiger partial charge in [-0.2, -0.15) is 0 Å². The van der Waals surface area contributed by atoms with Gasteiger partial charge in [-0.15, -0.1) is 0 Å². The molecule has 0 fully saturated rings. The molecule has 0 saturated carbocycles. The number of benzene rings is 1. The number of nitrogens with one attached hydrogen (secondary N) is 1. The molecule has 0 aliphatic rings. The molecule has 100 valence electrons. The first-order valence-electron chi connectivity index (χ1n) is 6.69. The Morgan fingerprint density at radius 1 is 1.17 bits per heavy atom. The van der Waals surface area contributed by atoms with E-state index >= 15 is 0 Å². The van der Waals surface area contributed by atoms with E-state index in [1.54, 1.807) is 0 Å². The predicted molar refractivity (Wildman–Crippen MR) is 77.5 cm³/mol. The maximum atomic E-state index is 5.51. The van der Waals surface area contributed by atoms with E-state index in [1.165, 1.54) is 11.1 Å². The van der Waals surface area contributed by atoms with Crippen LogP contribution in [-0.2, 0) is 17.9 Å². The zero-order chi connectivity index (χ0) is 13.2. The largest absolute Gasteiger partial charge is 0.373 e. The van der Waals surface area contributed by atoms with Crippen molar-refractivity contribution in [3.63, 3.8) is 0 Å². The Kier molecular flexibility index (Phi) is 7.38. The summed E-state index contributed by atoms with van der Waals surface area (Å²) in [7, 11) is 0. The minimum Gasteiger partial charge on any atom is -0.373 e. The van der Waals surface area contributed by atoms with Crippen LogP contribution in [0.15, 0.2) is 36.4 Å². The van der Waals surface area contributed by atoms with Gasteiger partial charge in [-0.25, -0.2) is 0 Å². The van der Waals surface area contributed by atoms with E-state index in [4.69, 9.17) is 4.74 Å². The Labute approximate surface area is 111 Å². The van der Waals surface area contributed by atoms with E-state index in [-0.39, 0.29) is 0 Å². The molecule has 0 radical (unpaired) electrons. The van der Waals surface area contributed by atoms with Crippen molar-refractivity contribution in [2.75, 3.05) is 13.2 Å². The third-order valence-corrected chi connectivity index (χ3v) is 2.62. The van der Waals surface area contributed by atoms with E-state index in [9.17, 15) is 0 Å². The summed E-state index contributed by atoms with van der Waals surface area (Å²) in [6.45, 7) is 9.82. The van der Waals surface area contributed by atoms with Gasteiger partial charge in [-0.1, -0.05) is 50.3 Å². The summed E-state index contributed by atoms with van der Waals surface area (Å²) in [6, 6.07) is 8.62. The summed E-state index contributed by atoms with van der Waals surface area (Å²) in [6.07, 6.45) is 4.02. The van der Waals surface area contributed by atoms with Crippen LogP contribution >= 0.6 is 0 Å². The second-order valence-corrected chi connectivity index (χ2v) is 4.93. The highest BCUT2D eigenvalue weighted by molar-refractivity contribution is 5.21. The Morgan fingerprint density at radius 2 is 1.83 bits per heavy atom. The molecule has 1 aromatic carbocycles. The third kappa shape index (κ3) is 6.58. The fourth-order valence-corrected chi connectivity index (χ4v) is 1.60. The van der Waals surface area contributed by atoms with Crippen molar-refractivity contribution in [2.45, 2.75) is 33.9 Å². The molecule has 18 heavy (non-hydrogen) atoms. The second-order valence-electron chi connectivity index (χ2n) is 4.93. The smallest absolute Gasteiger partial charge is 0.0721 e. The zero-order valence-electron chi connectivity index (χ0n) is 11.8. The average molecular weight is 247 g/mol. The van der Waals surface area contributed by atoms with Gasteiger partial charge in [0.05, 0.1) is 13.2 Å². The molecule has 1 aromatic rings. The summed E-state index contributed by atoms with van der Waals surface area (Å²) in [5, 5.41) is 3.44. The molecule has 0 spiro atoms. The van der Waals surface area contributed by atoms with Crippen LogP contribution < -0.4 is 5.32 Å². The van der Waals surface area contributed by atoms with Crippen LogP contribution in [0.4, 0.5) is 0 Å². The Hall–Kier alpha value is -1.12. The van der Waals surface area contributed by atoms with E-state index in [0.29, 0.717) is 19.1 Å². The molecule has 0 atom stereocenters. The minimum atomic E-state index is 0.685. The third-order valence-electron chi connectivity index (χ3n) is 2.62. The Bertz CT molecular complexity index is 341. The molecule has 0 bridgehead atoms. The second kappa shape index (κ2) is 8.90. The Balaban J connectivity index is 2.28. The maximum absolute atomic E-state index is 5.51. The molecule has 1 rings (SSSR count). The van der Waals surface area contributed by atoms with Gasteiger partial charge in [0.1, 0.15) is 0 Å². The van der Waals surface area contributed by atoms with Gasteiger partial charge in [-0.05, 0) is 30.5 Å². The van der Waals surface area contributed by atoms with Gasteiger partial charge >= 0.3 is 0 Å². The fraction of sp³-hybridized carbons (Fsp3) is 0.500. The van der Waals surface area contributed by atoms with Crippen LogP contribution in [0.5, 0.6) is 0 Å². The summed E-state index contributed by atoms with van der Waals surface area (Å²) < 4.78 is 5.51. The van der Waals surface area contributed by atoms with Gasteiger partial charge in [0.2, 0.25) is 0 Å². The quantitative estimate of drug-likeness (QED) is 0.560. The summed E-state index contributed by atoms with van der Waals surface area (Å²) in [5.41, 5.74) is 2.56. The molecule has 1 N–H and O–H groups in total. The van der Waals surface area contributed by atoms with Crippen LogP contribution in [0.3, 0.4) is 0 Å². The molecule has 0 aliphatic carbocycles. The lowest BCUT2D eigenvalue weighted by molar-refractivity contribution is 0.148.